The zero-order chi connectivity index (χ0) is 16.4. The van der Waals surface area contributed by atoms with Gasteiger partial charge in [0.05, 0.1) is 11.4 Å². The summed E-state index contributed by atoms with van der Waals surface area (Å²) in [6.45, 7) is 4.38. The van der Waals surface area contributed by atoms with Crippen LogP contribution in [0, 0.1) is 13.8 Å². The van der Waals surface area contributed by atoms with Gasteiger partial charge in [-0.05, 0) is 32.8 Å². The van der Waals surface area contributed by atoms with Crippen molar-refractivity contribution in [2.45, 2.75) is 26.7 Å². The van der Waals surface area contributed by atoms with E-state index >= 15 is 0 Å². The number of nitrogens with two attached hydrogens (primary N) is 1. The molecule has 0 radical (unpaired) electrons. The second kappa shape index (κ2) is 6.33. The lowest BCUT2D eigenvalue weighted by Crippen LogP contribution is -2.26. The van der Waals surface area contributed by atoms with E-state index in [2.05, 4.69) is 20.4 Å². The van der Waals surface area contributed by atoms with Crippen molar-refractivity contribution in [3.63, 3.8) is 0 Å². The lowest BCUT2D eigenvalue weighted by molar-refractivity contribution is 0.0948. The summed E-state index contributed by atoms with van der Waals surface area (Å²) in [6, 6.07) is 3.60. The Hall–Kier alpha value is -2.48. The van der Waals surface area contributed by atoms with E-state index in [1.165, 1.54) is 11.3 Å². The number of fused-ring (bicyclic) bond motifs is 1. The molecule has 0 aliphatic carbocycles. The average Bonchev–Trinajstić information content (AvgIpc) is 3.08. The standard InChI is InChI=1S/C15H18N6OS/c1-9-6-13-19-12(7-10(2)21(13)20-9)14(22)17-5-3-4-11-8-23-15(16)18-11/h6-8H,3-5H2,1-2H3,(H2,16,18)(H,17,22). The van der Waals surface area contributed by atoms with Crippen LogP contribution in [0.15, 0.2) is 17.5 Å². The second-order valence-electron chi connectivity index (χ2n) is 5.38. The quantitative estimate of drug-likeness (QED) is 0.695. The number of anilines is 1. The molecule has 3 N–H and O–H groups in total. The van der Waals surface area contributed by atoms with Crippen LogP contribution in [0.1, 0.15) is 34.0 Å². The number of aromatic nitrogens is 4. The van der Waals surface area contributed by atoms with Crippen LogP contribution in [0.2, 0.25) is 0 Å². The number of carbonyl (C=O) groups excluding carboxylic acids is 1. The van der Waals surface area contributed by atoms with Gasteiger partial charge in [0.15, 0.2) is 10.8 Å². The smallest absolute Gasteiger partial charge is 0.270 e. The fourth-order valence-electron chi connectivity index (χ4n) is 2.36. The van der Waals surface area contributed by atoms with Crippen LogP contribution in [0.5, 0.6) is 0 Å². The number of amides is 1. The molecule has 8 heteroatoms. The molecule has 0 fully saturated rings. The van der Waals surface area contributed by atoms with E-state index in [0.717, 1.165) is 29.9 Å². The maximum absolute atomic E-state index is 12.2. The van der Waals surface area contributed by atoms with Gasteiger partial charge in [-0.3, -0.25) is 4.79 Å². The summed E-state index contributed by atoms with van der Waals surface area (Å²) in [5, 5.41) is 9.74. The number of nitrogen functional groups attached to an aromatic ring is 1. The summed E-state index contributed by atoms with van der Waals surface area (Å²) in [4.78, 5) is 20.8. The molecule has 0 saturated carbocycles. The van der Waals surface area contributed by atoms with E-state index in [-0.39, 0.29) is 5.91 Å². The lowest BCUT2D eigenvalue weighted by Gasteiger charge is -2.06. The molecule has 0 unspecified atom stereocenters. The topological polar surface area (TPSA) is 98.2 Å². The zero-order valence-electron chi connectivity index (χ0n) is 13.0. The minimum Gasteiger partial charge on any atom is -0.375 e. The number of thiazole rings is 1. The Balaban J connectivity index is 1.59. The van der Waals surface area contributed by atoms with Gasteiger partial charge in [-0.2, -0.15) is 5.10 Å². The molecule has 3 rings (SSSR count). The Bertz CT molecular complexity index is 853. The number of aryl methyl sites for hydroxylation is 3. The van der Waals surface area contributed by atoms with Crippen molar-refractivity contribution >= 4 is 28.0 Å². The van der Waals surface area contributed by atoms with Gasteiger partial charge >= 0.3 is 0 Å². The molecule has 0 aromatic carbocycles. The molecular formula is C15H18N6OS. The molecule has 3 aromatic heterocycles. The summed E-state index contributed by atoms with van der Waals surface area (Å²) < 4.78 is 1.73. The van der Waals surface area contributed by atoms with Crippen molar-refractivity contribution in [1.82, 2.24) is 24.9 Å². The van der Waals surface area contributed by atoms with Crippen molar-refractivity contribution in [1.29, 1.82) is 0 Å². The summed E-state index contributed by atoms with van der Waals surface area (Å²) in [5.41, 5.74) is 9.41. The third-order valence-electron chi connectivity index (χ3n) is 3.42. The molecular weight excluding hydrogens is 312 g/mol. The Morgan fingerprint density at radius 3 is 2.91 bits per heavy atom. The molecule has 120 valence electrons. The Kier molecular flexibility index (Phi) is 4.24. The molecule has 0 aliphatic heterocycles. The Labute approximate surface area is 137 Å². The first-order valence-electron chi connectivity index (χ1n) is 7.35. The molecule has 23 heavy (non-hydrogen) atoms. The molecule has 7 nitrogen and oxygen atoms in total. The van der Waals surface area contributed by atoms with Crippen LogP contribution in [0.4, 0.5) is 5.13 Å². The molecule has 0 bridgehead atoms. The van der Waals surface area contributed by atoms with E-state index < -0.39 is 0 Å². The summed E-state index contributed by atoms with van der Waals surface area (Å²) >= 11 is 1.43. The normalized spacial score (nSPS) is 11.0. The predicted octanol–water partition coefficient (Wildman–Crippen LogP) is 1.75. The Morgan fingerprint density at radius 1 is 1.35 bits per heavy atom. The van der Waals surface area contributed by atoms with Gasteiger partial charge in [-0.1, -0.05) is 0 Å². The van der Waals surface area contributed by atoms with Crippen molar-refractivity contribution in [2.24, 2.45) is 0 Å². The van der Waals surface area contributed by atoms with Gasteiger partial charge in [-0.15, -0.1) is 11.3 Å². The van der Waals surface area contributed by atoms with Gasteiger partial charge < -0.3 is 11.1 Å². The molecule has 3 heterocycles. The first kappa shape index (κ1) is 15.4. The monoisotopic (exact) mass is 330 g/mol. The highest BCUT2D eigenvalue weighted by Crippen LogP contribution is 2.12. The highest BCUT2D eigenvalue weighted by molar-refractivity contribution is 7.13. The number of hydrogen-bond acceptors (Lipinski definition) is 6. The van der Waals surface area contributed by atoms with E-state index in [4.69, 9.17) is 5.73 Å². The molecule has 0 saturated heterocycles. The van der Waals surface area contributed by atoms with E-state index in [9.17, 15) is 4.79 Å². The van der Waals surface area contributed by atoms with Gasteiger partial charge in [0.1, 0.15) is 5.69 Å². The molecule has 0 aliphatic rings. The number of rotatable bonds is 5. The van der Waals surface area contributed by atoms with Crippen LogP contribution in [0.25, 0.3) is 5.65 Å². The second-order valence-corrected chi connectivity index (χ2v) is 6.26. The van der Waals surface area contributed by atoms with Crippen LogP contribution < -0.4 is 11.1 Å². The first-order chi connectivity index (χ1) is 11.0. The number of nitrogens with zero attached hydrogens (tertiary/aromatic N) is 4. The maximum atomic E-state index is 12.2. The number of hydrogen-bond donors (Lipinski definition) is 2. The largest absolute Gasteiger partial charge is 0.375 e. The third-order valence-corrected chi connectivity index (χ3v) is 4.15. The fourth-order valence-corrected chi connectivity index (χ4v) is 2.95. The minimum absolute atomic E-state index is 0.174. The lowest BCUT2D eigenvalue weighted by atomic mass is 10.2. The number of nitrogens with one attached hydrogen (secondary N) is 1. The highest BCUT2D eigenvalue weighted by Gasteiger charge is 2.11. The van der Waals surface area contributed by atoms with Crippen LogP contribution in [0.3, 0.4) is 0 Å². The summed E-state index contributed by atoms with van der Waals surface area (Å²) in [5.74, 6) is -0.174. The summed E-state index contributed by atoms with van der Waals surface area (Å²) in [7, 11) is 0. The van der Waals surface area contributed by atoms with Crippen LogP contribution in [-0.2, 0) is 6.42 Å². The van der Waals surface area contributed by atoms with E-state index in [0.29, 0.717) is 23.0 Å². The first-order valence-corrected chi connectivity index (χ1v) is 8.23. The highest BCUT2D eigenvalue weighted by atomic mass is 32.1. The van der Waals surface area contributed by atoms with Gasteiger partial charge in [0, 0.05) is 23.7 Å². The minimum atomic E-state index is -0.174. The average molecular weight is 330 g/mol. The fraction of sp³-hybridized carbons (Fsp3) is 0.333. The third kappa shape index (κ3) is 3.48. The molecule has 1 amide bonds. The number of carbonyl (C=O) groups is 1. The molecule has 3 aromatic rings. The maximum Gasteiger partial charge on any atom is 0.270 e. The van der Waals surface area contributed by atoms with E-state index in [1.54, 1.807) is 10.6 Å². The van der Waals surface area contributed by atoms with Crippen LogP contribution >= 0.6 is 11.3 Å². The van der Waals surface area contributed by atoms with Crippen molar-refractivity contribution in [2.75, 3.05) is 12.3 Å². The van der Waals surface area contributed by atoms with Crippen molar-refractivity contribution in [3.8, 4) is 0 Å². The SMILES string of the molecule is Cc1cc2nc(C(=O)NCCCc3csc(N)n3)cc(C)n2n1. The zero-order valence-corrected chi connectivity index (χ0v) is 13.9. The summed E-state index contributed by atoms with van der Waals surface area (Å²) in [6.07, 6.45) is 1.60. The van der Waals surface area contributed by atoms with E-state index in [1.807, 2.05) is 25.3 Å². The van der Waals surface area contributed by atoms with Crippen molar-refractivity contribution < 1.29 is 4.79 Å². The molecule has 0 atom stereocenters. The Morgan fingerprint density at radius 2 is 2.17 bits per heavy atom. The van der Waals surface area contributed by atoms with Crippen LogP contribution in [-0.4, -0.2) is 32.0 Å². The van der Waals surface area contributed by atoms with Gasteiger partial charge in [0.2, 0.25) is 0 Å². The van der Waals surface area contributed by atoms with Crippen molar-refractivity contribution in [3.05, 3.63) is 40.3 Å². The molecule has 0 spiro atoms. The predicted molar refractivity (Wildman–Crippen MR) is 89.6 cm³/mol. The van der Waals surface area contributed by atoms with Gasteiger partial charge in [0.25, 0.3) is 5.91 Å². The van der Waals surface area contributed by atoms with Gasteiger partial charge in [-0.25, -0.2) is 14.5 Å².